The normalized spacial score (nSPS) is 16.3. The predicted octanol–water partition coefficient (Wildman–Crippen LogP) is 0.781. The molecule has 1 aromatic carbocycles. The van der Waals surface area contributed by atoms with E-state index in [0.717, 1.165) is 25.7 Å². The van der Waals surface area contributed by atoms with Gasteiger partial charge in [0.2, 0.25) is 0 Å². The van der Waals surface area contributed by atoms with Gasteiger partial charge in [-0.1, -0.05) is 55.5 Å². The molecule has 1 fully saturated rings. The van der Waals surface area contributed by atoms with E-state index in [1.165, 1.54) is 6.42 Å². The van der Waals surface area contributed by atoms with Crippen LogP contribution in [0.4, 0.5) is 0 Å². The Balaban J connectivity index is 0.000000419. The van der Waals surface area contributed by atoms with Gasteiger partial charge in [0.1, 0.15) is 12.1 Å². The Bertz CT molecular complexity index is 683. The highest BCUT2D eigenvalue weighted by Crippen LogP contribution is 2.25. The van der Waals surface area contributed by atoms with E-state index >= 15 is 0 Å². The highest BCUT2D eigenvalue weighted by atomic mass is 16.4. The summed E-state index contributed by atoms with van der Waals surface area (Å²) < 4.78 is 0. The van der Waals surface area contributed by atoms with Crippen LogP contribution in [0.25, 0.3) is 0 Å². The molecule has 1 saturated carbocycles. The monoisotopic (exact) mass is 407 g/mol. The molecule has 9 heteroatoms. The van der Waals surface area contributed by atoms with E-state index < -0.39 is 36.0 Å². The first-order chi connectivity index (χ1) is 13.6. The Morgan fingerprint density at radius 1 is 0.897 bits per heavy atom. The van der Waals surface area contributed by atoms with Gasteiger partial charge in [-0.15, -0.1) is 6.42 Å². The van der Waals surface area contributed by atoms with Gasteiger partial charge in [0.15, 0.2) is 6.04 Å². The number of carbonyl (C=O) groups is 3. The first-order valence-electron chi connectivity index (χ1n) is 9.08. The molecule has 0 aliphatic heterocycles. The molecule has 1 aliphatic rings. The summed E-state index contributed by atoms with van der Waals surface area (Å²) in [6.45, 7) is 0. The summed E-state index contributed by atoms with van der Waals surface area (Å²) in [5, 5.41) is 25.0. The molecular weight excluding hydrogens is 378 g/mol. The number of hydrogen-bond donors (Lipinski definition) is 6. The van der Waals surface area contributed by atoms with Gasteiger partial charge in [-0.25, -0.2) is 4.79 Å². The third kappa shape index (κ3) is 10.8. The number of benzene rings is 1. The molecule has 160 valence electrons. The van der Waals surface area contributed by atoms with Gasteiger partial charge in [0, 0.05) is 0 Å². The van der Waals surface area contributed by atoms with Crippen LogP contribution < -0.4 is 17.2 Å². The highest BCUT2D eigenvalue weighted by Gasteiger charge is 2.25. The molecule has 0 radical (unpaired) electrons. The second-order valence-electron chi connectivity index (χ2n) is 6.47. The standard InChI is InChI=1S/C8H15NO2.C8H9NO2.C4H5NO2/c2*9-7(8(10)11)6-4-2-1-3-5-6;1-2-3(5)4(6)7/h6-7H,1-5,9H2,(H,10,11);1-5,7H,9H2,(H,10,11);1,3H,5H2,(H,6,7)/t;7-;3-/m.00/s1. The van der Waals surface area contributed by atoms with Crippen LogP contribution in [0.5, 0.6) is 0 Å². The average Bonchev–Trinajstić information content (AvgIpc) is 2.73. The summed E-state index contributed by atoms with van der Waals surface area (Å²) in [5.41, 5.74) is 16.2. The summed E-state index contributed by atoms with van der Waals surface area (Å²) in [5.74, 6) is -0.952. The van der Waals surface area contributed by atoms with Crippen molar-refractivity contribution >= 4 is 17.9 Å². The van der Waals surface area contributed by atoms with E-state index in [2.05, 4.69) is 6.42 Å². The van der Waals surface area contributed by atoms with Gasteiger partial charge in [-0.05, 0) is 24.3 Å². The lowest BCUT2D eigenvalue weighted by atomic mass is 9.84. The van der Waals surface area contributed by atoms with Crippen molar-refractivity contribution in [3.8, 4) is 12.3 Å². The van der Waals surface area contributed by atoms with Crippen LogP contribution in [0.1, 0.15) is 43.7 Å². The zero-order chi connectivity index (χ0) is 22.4. The molecule has 0 bridgehead atoms. The van der Waals surface area contributed by atoms with E-state index in [-0.39, 0.29) is 5.92 Å². The molecule has 9 nitrogen and oxygen atoms in total. The SMILES string of the molecule is C#C[C@H](N)C(=O)O.NC(C(=O)O)C1CCCCC1.N[C@H](C(=O)O)c1ccccc1. The number of aliphatic carboxylic acids is 3. The Morgan fingerprint density at radius 3 is 1.76 bits per heavy atom. The number of rotatable bonds is 5. The zero-order valence-electron chi connectivity index (χ0n) is 16.1. The van der Waals surface area contributed by atoms with Crippen molar-refractivity contribution in [2.24, 2.45) is 23.1 Å². The van der Waals surface area contributed by atoms with Crippen molar-refractivity contribution in [1.29, 1.82) is 0 Å². The van der Waals surface area contributed by atoms with E-state index in [0.29, 0.717) is 5.56 Å². The molecule has 0 amide bonds. The number of carboxylic acids is 3. The Morgan fingerprint density at radius 2 is 1.41 bits per heavy atom. The van der Waals surface area contributed by atoms with E-state index in [4.69, 9.17) is 32.5 Å². The van der Waals surface area contributed by atoms with Gasteiger partial charge in [-0.2, -0.15) is 0 Å². The van der Waals surface area contributed by atoms with Crippen LogP contribution in [0.3, 0.4) is 0 Å². The maximum atomic E-state index is 10.5. The fourth-order valence-corrected chi connectivity index (χ4v) is 2.57. The molecule has 1 aromatic rings. The lowest BCUT2D eigenvalue weighted by Crippen LogP contribution is -2.38. The maximum Gasteiger partial charge on any atom is 0.333 e. The minimum atomic E-state index is -1.16. The van der Waals surface area contributed by atoms with Crippen molar-refractivity contribution in [1.82, 2.24) is 0 Å². The Hall–Kier alpha value is -2.93. The molecule has 3 atom stereocenters. The van der Waals surface area contributed by atoms with Crippen LogP contribution >= 0.6 is 0 Å². The van der Waals surface area contributed by atoms with Crippen LogP contribution in [0.15, 0.2) is 30.3 Å². The fourth-order valence-electron chi connectivity index (χ4n) is 2.57. The maximum absolute atomic E-state index is 10.5. The molecule has 9 N–H and O–H groups in total. The third-order valence-corrected chi connectivity index (χ3v) is 4.31. The van der Waals surface area contributed by atoms with Crippen molar-refractivity contribution in [2.75, 3.05) is 0 Å². The molecule has 0 saturated heterocycles. The fraction of sp³-hybridized carbons (Fsp3) is 0.450. The van der Waals surface area contributed by atoms with Crippen LogP contribution in [-0.2, 0) is 14.4 Å². The van der Waals surface area contributed by atoms with E-state index in [1.807, 2.05) is 12.0 Å². The number of nitrogens with two attached hydrogens (primary N) is 3. The second kappa shape index (κ2) is 14.1. The van der Waals surface area contributed by atoms with Crippen LogP contribution in [-0.4, -0.2) is 45.3 Å². The van der Waals surface area contributed by atoms with Gasteiger partial charge in [0.25, 0.3) is 0 Å². The lowest BCUT2D eigenvalue weighted by molar-refractivity contribution is -0.140. The number of carboxylic acid groups (broad SMARTS) is 3. The summed E-state index contributed by atoms with van der Waals surface area (Å²) in [6.07, 6.45) is 10.1. The molecule has 1 aliphatic carbocycles. The van der Waals surface area contributed by atoms with Gasteiger partial charge in [0.05, 0.1) is 0 Å². The molecule has 1 unspecified atom stereocenters. The number of hydrogen-bond acceptors (Lipinski definition) is 6. The molecule has 0 heterocycles. The van der Waals surface area contributed by atoms with Gasteiger partial charge < -0.3 is 32.5 Å². The summed E-state index contributed by atoms with van der Waals surface area (Å²) >= 11 is 0. The summed E-state index contributed by atoms with van der Waals surface area (Å²) in [4.78, 5) is 30.5. The lowest BCUT2D eigenvalue weighted by Gasteiger charge is -2.24. The first-order valence-corrected chi connectivity index (χ1v) is 9.08. The Kier molecular flexibility index (Phi) is 12.7. The summed E-state index contributed by atoms with van der Waals surface area (Å²) in [7, 11) is 0. The summed E-state index contributed by atoms with van der Waals surface area (Å²) in [6, 6.07) is 6.04. The molecular formula is C20H29N3O6. The molecule has 0 aromatic heterocycles. The van der Waals surface area contributed by atoms with Crippen molar-refractivity contribution in [3.05, 3.63) is 35.9 Å². The highest BCUT2D eigenvalue weighted by molar-refractivity contribution is 5.76. The minimum absolute atomic E-state index is 0.223. The molecule has 0 spiro atoms. The average molecular weight is 407 g/mol. The quantitative estimate of drug-likeness (QED) is 0.383. The van der Waals surface area contributed by atoms with E-state index in [1.54, 1.807) is 24.3 Å². The minimum Gasteiger partial charge on any atom is -0.480 e. The molecule has 29 heavy (non-hydrogen) atoms. The largest absolute Gasteiger partial charge is 0.480 e. The van der Waals surface area contributed by atoms with Crippen molar-refractivity contribution in [3.63, 3.8) is 0 Å². The predicted molar refractivity (Wildman–Crippen MR) is 108 cm³/mol. The third-order valence-electron chi connectivity index (χ3n) is 4.31. The van der Waals surface area contributed by atoms with Crippen molar-refractivity contribution in [2.45, 2.75) is 50.2 Å². The van der Waals surface area contributed by atoms with Crippen LogP contribution in [0, 0.1) is 18.3 Å². The van der Waals surface area contributed by atoms with Crippen LogP contribution in [0.2, 0.25) is 0 Å². The van der Waals surface area contributed by atoms with Gasteiger partial charge >= 0.3 is 17.9 Å². The van der Waals surface area contributed by atoms with Crippen molar-refractivity contribution < 1.29 is 29.7 Å². The second-order valence-corrected chi connectivity index (χ2v) is 6.47. The number of terminal acetylenes is 1. The topological polar surface area (TPSA) is 190 Å². The zero-order valence-corrected chi connectivity index (χ0v) is 16.1. The molecule has 2 rings (SSSR count). The first kappa shape index (κ1) is 26.1. The van der Waals surface area contributed by atoms with E-state index in [9.17, 15) is 14.4 Å². The Labute approximate surface area is 169 Å². The smallest absolute Gasteiger partial charge is 0.333 e. The van der Waals surface area contributed by atoms with Gasteiger partial charge in [-0.3, -0.25) is 9.59 Å².